The molecule has 1 unspecified atom stereocenters. The molecular weight excluding hydrogens is 298 g/mol. The summed E-state index contributed by atoms with van der Waals surface area (Å²) in [5.74, 6) is 0.792. The summed E-state index contributed by atoms with van der Waals surface area (Å²) < 4.78 is 6.94. The molecule has 0 saturated carbocycles. The van der Waals surface area contributed by atoms with E-state index in [1.54, 1.807) is 6.26 Å². The Morgan fingerprint density at radius 2 is 2.33 bits per heavy atom. The van der Waals surface area contributed by atoms with Crippen LogP contribution >= 0.6 is 38.9 Å². The van der Waals surface area contributed by atoms with E-state index in [-0.39, 0.29) is 6.04 Å². The molecule has 15 heavy (non-hydrogen) atoms. The second kappa shape index (κ2) is 4.29. The number of thiophene rings is 1. The Morgan fingerprint density at radius 3 is 2.80 bits per heavy atom. The van der Waals surface area contributed by atoms with Gasteiger partial charge in [0.1, 0.15) is 10.1 Å². The van der Waals surface area contributed by atoms with Gasteiger partial charge in [0.05, 0.1) is 12.3 Å². The summed E-state index contributed by atoms with van der Waals surface area (Å²) in [6.07, 6.45) is 1.65. The van der Waals surface area contributed by atoms with Crippen LogP contribution in [0, 0.1) is 6.92 Å². The first kappa shape index (κ1) is 11.2. The van der Waals surface area contributed by atoms with Crippen LogP contribution in [0.1, 0.15) is 22.2 Å². The van der Waals surface area contributed by atoms with E-state index in [1.807, 2.05) is 19.1 Å². The second-order valence-electron chi connectivity index (χ2n) is 3.22. The highest BCUT2D eigenvalue weighted by molar-refractivity contribution is 9.10. The fourth-order valence-corrected chi connectivity index (χ4v) is 3.09. The lowest BCUT2D eigenvalue weighted by Crippen LogP contribution is -2.10. The maximum atomic E-state index is 6.08. The molecule has 2 aromatic rings. The van der Waals surface area contributed by atoms with Gasteiger partial charge in [-0.15, -0.1) is 11.3 Å². The van der Waals surface area contributed by atoms with Gasteiger partial charge in [0.25, 0.3) is 0 Å². The smallest absolute Gasteiger partial charge is 0.128 e. The normalized spacial score (nSPS) is 13.1. The van der Waals surface area contributed by atoms with Crippen molar-refractivity contribution >= 4 is 38.9 Å². The average molecular weight is 307 g/mol. The first-order chi connectivity index (χ1) is 7.09. The number of hydrogen-bond donors (Lipinski definition) is 1. The number of halogens is 2. The number of nitrogens with two attached hydrogens (primary N) is 1. The lowest BCUT2D eigenvalue weighted by atomic mass is 10.1. The van der Waals surface area contributed by atoms with Gasteiger partial charge in [-0.3, -0.25) is 0 Å². The summed E-state index contributed by atoms with van der Waals surface area (Å²) in [7, 11) is 0. The number of hydrogen-bond acceptors (Lipinski definition) is 3. The third kappa shape index (κ3) is 2.13. The van der Waals surface area contributed by atoms with E-state index < -0.39 is 0 Å². The first-order valence-electron chi connectivity index (χ1n) is 4.34. The van der Waals surface area contributed by atoms with E-state index >= 15 is 0 Å². The summed E-state index contributed by atoms with van der Waals surface area (Å²) in [5.41, 5.74) is 7.14. The third-order valence-corrected chi connectivity index (χ3v) is 4.71. The van der Waals surface area contributed by atoms with E-state index in [9.17, 15) is 0 Å². The highest BCUT2D eigenvalue weighted by Crippen LogP contribution is 2.37. The fraction of sp³-hybridized carbons (Fsp3) is 0.200. The Kier molecular flexibility index (Phi) is 3.21. The molecule has 0 aliphatic carbocycles. The van der Waals surface area contributed by atoms with Gasteiger partial charge in [-0.2, -0.15) is 0 Å². The largest absolute Gasteiger partial charge is 0.467 e. The highest BCUT2D eigenvalue weighted by Gasteiger charge is 2.18. The molecule has 0 bridgehead atoms. The lowest BCUT2D eigenvalue weighted by molar-refractivity contribution is 0.489. The molecule has 0 radical (unpaired) electrons. The minimum Gasteiger partial charge on any atom is -0.467 e. The minimum atomic E-state index is -0.242. The van der Waals surface area contributed by atoms with E-state index in [0.29, 0.717) is 4.34 Å². The summed E-state index contributed by atoms with van der Waals surface area (Å²) in [6.45, 7) is 1.98. The molecule has 0 aliphatic heterocycles. The second-order valence-corrected chi connectivity index (χ2v) is 5.76. The van der Waals surface area contributed by atoms with Crippen LogP contribution in [0.3, 0.4) is 0 Å². The predicted octanol–water partition coefficient (Wildman–Crippen LogP) is 4.11. The van der Waals surface area contributed by atoms with Crippen LogP contribution in [0.5, 0.6) is 0 Å². The van der Waals surface area contributed by atoms with Gasteiger partial charge in [0, 0.05) is 9.35 Å². The molecule has 0 aliphatic rings. The van der Waals surface area contributed by atoms with Gasteiger partial charge in [0.2, 0.25) is 0 Å². The summed E-state index contributed by atoms with van der Waals surface area (Å²) in [5, 5.41) is 0. The van der Waals surface area contributed by atoms with Crippen molar-refractivity contribution in [3.63, 3.8) is 0 Å². The van der Waals surface area contributed by atoms with Crippen molar-refractivity contribution in [2.75, 3.05) is 0 Å². The third-order valence-electron chi connectivity index (χ3n) is 2.15. The van der Waals surface area contributed by atoms with Crippen molar-refractivity contribution in [3.8, 4) is 0 Å². The molecule has 2 N–H and O–H groups in total. The van der Waals surface area contributed by atoms with Crippen LogP contribution in [0.4, 0.5) is 0 Å². The SMILES string of the molecule is Cc1ccoc1C(N)c1cc(Br)c(Cl)s1. The Labute approximate surface area is 105 Å². The van der Waals surface area contributed by atoms with Crippen molar-refractivity contribution in [2.45, 2.75) is 13.0 Å². The Morgan fingerprint density at radius 1 is 1.60 bits per heavy atom. The topological polar surface area (TPSA) is 39.2 Å². The summed E-state index contributed by atoms with van der Waals surface area (Å²) in [6, 6.07) is 3.59. The fourth-order valence-electron chi connectivity index (χ4n) is 1.35. The molecule has 2 heterocycles. The molecule has 80 valence electrons. The molecule has 2 nitrogen and oxygen atoms in total. The molecule has 5 heteroatoms. The van der Waals surface area contributed by atoms with Crippen molar-refractivity contribution in [3.05, 3.63) is 43.4 Å². The van der Waals surface area contributed by atoms with Crippen LogP contribution in [0.2, 0.25) is 4.34 Å². The van der Waals surface area contributed by atoms with Gasteiger partial charge in [-0.25, -0.2) is 0 Å². The average Bonchev–Trinajstić information content (AvgIpc) is 2.74. The maximum absolute atomic E-state index is 6.08. The van der Waals surface area contributed by atoms with Gasteiger partial charge < -0.3 is 10.2 Å². The van der Waals surface area contributed by atoms with Crippen molar-refractivity contribution < 1.29 is 4.42 Å². The zero-order valence-corrected chi connectivity index (χ0v) is 11.1. The molecular formula is C10H9BrClNOS. The minimum absolute atomic E-state index is 0.242. The zero-order chi connectivity index (χ0) is 11.0. The summed E-state index contributed by atoms with van der Waals surface area (Å²) >= 11 is 10.8. The van der Waals surface area contributed by atoms with Gasteiger partial charge in [0.15, 0.2) is 0 Å². The van der Waals surface area contributed by atoms with Crippen molar-refractivity contribution in [1.82, 2.24) is 0 Å². The van der Waals surface area contributed by atoms with Gasteiger partial charge >= 0.3 is 0 Å². The molecule has 0 saturated heterocycles. The van der Waals surface area contributed by atoms with E-state index in [4.69, 9.17) is 21.8 Å². The van der Waals surface area contributed by atoms with E-state index in [2.05, 4.69) is 15.9 Å². The van der Waals surface area contributed by atoms with Crippen LogP contribution in [-0.2, 0) is 0 Å². The van der Waals surface area contributed by atoms with Crippen LogP contribution in [-0.4, -0.2) is 0 Å². The highest BCUT2D eigenvalue weighted by atomic mass is 79.9. The molecule has 0 amide bonds. The zero-order valence-electron chi connectivity index (χ0n) is 7.96. The summed E-state index contributed by atoms with van der Waals surface area (Å²) in [4.78, 5) is 0.991. The first-order valence-corrected chi connectivity index (χ1v) is 6.32. The monoisotopic (exact) mass is 305 g/mol. The predicted molar refractivity (Wildman–Crippen MR) is 66.5 cm³/mol. The van der Waals surface area contributed by atoms with Gasteiger partial charge in [-0.1, -0.05) is 11.6 Å². The lowest BCUT2D eigenvalue weighted by Gasteiger charge is -2.06. The molecule has 1 atom stereocenters. The number of rotatable bonds is 2. The standard InChI is InChI=1S/C10H9BrClNOS/c1-5-2-3-14-9(5)8(13)7-4-6(11)10(12)15-7/h2-4,8H,13H2,1H3. The number of aryl methyl sites for hydroxylation is 1. The quantitative estimate of drug-likeness (QED) is 0.906. The van der Waals surface area contributed by atoms with E-state index in [0.717, 1.165) is 20.7 Å². The van der Waals surface area contributed by atoms with Crippen LogP contribution in [0.25, 0.3) is 0 Å². The Bertz CT molecular complexity index is 460. The van der Waals surface area contributed by atoms with Crippen molar-refractivity contribution in [1.29, 1.82) is 0 Å². The maximum Gasteiger partial charge on any atom is 0.128 e. The Hall–Kier alpha value is -0.290. The molecule has 0 spiro atoms. The van der Waals surface area contributed by atoms with E-state index in [1.165, 1.54) is 11.3 Å². The number of furan rings is 1. The van der Waals surface area contributed by atoms with Gasteiger partial charge in [-0.05, 0) is 40.5 Å². The molecule has 0 aromatic carbocycles. The Balaban J connectivity index is 2.36. The van der Waals surface area contributed by atoms with Crippen LogP contribution in [0.15, 0.2) is 27.3 Å². The molecule has 0 fully saturated rings. The van der Waals surface area contributed by atoms with Crippen LogP contribution < -0.4 is 5.73 Å². The van der Waals surface area contributed by atoms with Crippen molar-refractivity contribution in [2.24, 2.45) is 5.73 Å². The molecule has 2 rings (SSSR count). The molecule has 2 aromatic heterocycles.